The molecule has 2 aliphatic carbocycles. The van der Waals surface area contributed by atoms with Gasteiger partial charge < -0.3 is 15.8 Å². The number of esters is 1. The zero-order chi connectivity index (χ0) is 14.3. The van der Waals surface area contributed by atoms with Crippen molar-refractivity contribution in [3.8, 4) is 0 Å². The van der Waals surface area contributed by atoms with E-state index >= 15 is 0 Å². The van der Waals surface area contributed by atoms with E-state index in [4.69, 9.17) is 10.5 Å². The maximum absolute atomic E-state index is 12.0. The van der Waals surface area contributed by atoms with E-state index in [0.29, 0.717) is 17.0 Å². The van der Waals surface area contributed by atoms with Crippen molar-refractivity contribution in [1.82, 2.24) is 0 Å². The van der Waals surface area contributed by atoms with Crippen LogP contribution in [-0.4, -0.2) is 25.0 Å². The average Bonchev–Trinajstić information content (AvgIpc) is 3.21. The second-order valence-corrected chi connectivity index (χ2v) is 6.57. The summed E-state index contributed by atoms with van der Waals surface area (Å²) in [5, 5.41) is 3.53. The number of nitrogens with one attached hydrogen (secondary N) is 1. The largest absolute Gasteiger partial charge is 0.465 e. The molecule has 0 bridgehead atoms. The van der Waals surface area contributed by atoms with Crippen molar-refractivity contribution in [1.29, 1.82) is 0 Å². The molecule has 2 aliphatic rings. The molecule has 0 unspecified atom stereocenters. The number of aryl methyl sites for hydroxylation is 1. The van der Waals surface area contributed by atoms with Gasteiger partial charge in [-0.05, 0) is 37.7 Å². The Morgan fingerprint density at radius 2 is 2.10 bits per heavy atom. The predicted octanol–water partition coefficient (Wildman–Crippen LogP) is 1.70. The number of carbonyl (C=O) groups excluding carboxylic acids is 2. The normalized spacial score (nSPS) is 21.2. The van der Waals surface area contributed by atoms with Crippen molar-refractivity contribution in [2.75, 3.05) is 12.4 Å². The third-order valence-electron chi connectivity index (χ3n) is 3.87. The molecule has 1 aromatic heterocycles. The van der Waals surface area contributed by atoms with Crippen molar-refractivity contribution >= 4 is 28.2 Å². The second kappa shape index (κ2) is 5.18. The first-order chi connectivity index (χ1) is 9.60. The second-order valence-electron chi connectivity index (χ2n) is 5.47. The van der Waals surface area contributed by atoms with Gasteiger partial charge in [0.2, 0.25) is 5.91 Å². The highest BCUT2D eigenvalue weighted by molar-refractivity contribution is 7.17. The fourth-order valence-corrected chi connectivity index (χ4v) is 3.81. The van der Waals surface area contributed by atoms with Crippen LogP contribution in [0.15, 0.2) is 0 Å². The minimum Gasteiger partial charge on any atom is -0.465 e. The van der Waals surface area contributed by atoms with E-state index < -0.39 is 0 Å². The van der Waals surface area contributed by atoms with Crippen molar-refractivity contribution in [3.63, 3.8) is 0 Å². The molecular weight excluding hydrogens is 276 g/mol. The Morgan fingerprint density at radius 1 is 1.35 bits per heavy atom. The third-order valence-corrected chi connectivity index (χ3v) is 5.08. The lowest BCUT2D eigenvalue weighted by atomic mass is 9.92. The van der Waals surface area contributed by atoms with Gasteiger partial charge in [-0.25, -0.2) is 4.79 Å². The van der Waals surface area contributed by atoms with Crippen LogP contribution in [0, 0.1) is 5.92 Å². The maximum atomic E-state index is 12.0. The summed E-state index contributed by atoms with van der Waals surface area (Å²) in [6.07, 6.45) is 4.34. The summed E-state index contributed by atoms with van der Waals surface area (Å²) in [4.78, 5) is 25.1. The molecule has 5 nitrogen and oxygen atoms in total. The van der Waals surface area contributed by atoms with Gasteiger partial charge in [-0.15, -0.1) is 11.3 Å². The molecule has 3 rings (SSSR count). The number of thiophene rings is 1. The van der Waals surface area contributed by atoms with Crippen LogP contribution in [0.25, 0.3) is 0 Å². The van der Waals surface area contributed by atoms with Gasteiger partial charge >= 0.3 is 5.97 Å². The van der Waals surface area contributed by atoms with Gasteiger partial charge in [-0.1, -0.05) is 0 Å². The first kappa shape index (κ1) is 13.6. The Labute approximate surface area is 121 Å². The van der Waals surface area contributed by atoms with Crippen LogP contribution >= 0.6 is 11.3 Å². The Balaban J connectivity index is 1.95. The fraction of sp³-hybridized carbons (Fsp3) is 0.571. The molecule has 1 aromatic rings. The van der Waals surface area contributed by atoms with Gasteiger partial charge in [0, 0.05) is 16.8 Å². The molecule has 0 aromatic carbocycles. The standard InChI is InChI=1S/C14H18N2O3S/c1-19-14(18)11-9-6-8(15)4-5-10(9)20-13(11)16-12(17)7-2-3-7/h7-8H,2-6,15H2,1H3,(H,16,17)/t8-/m0/s1. The van der Waals surface area contributed by atoms with E-state index in [1.807, 2.05) is 0 Å². The molecule has 1 amide bonds. The van der Waals surface area contributed by atoms with E-state index in [9.17, 15) is 9.59 Å². The molecule has 0 radical (unpaired) electrons. The Morgan fingerprint density at radius 3 is 2.75 bits per heavy atom. The van der Waals surface area contributed by atoms with E-state index in [-0.39, 0.29) is 23.8 Å². The SMILES string of the molecule is COC(=O)c1c(NC(=O)C2CC2)sc2c1C[C@@H](N)CC2. The highest BCUT2D eigenvalue weighted by Crippen LogP contribution is 2.39. The number of anilines is 1. The molecule has 1 atom stereocenters. The van der Waals surface area contributed by atoms with Gasteiger partial charge in [-0.2, -0.15) is 0 Å². The number of fused-ring (bicyclic) bond motifs is 1. The Hall–Kier alpha value is -1.40. The Bertz CT molecular complexity index is 563. The molecule has 108 valence electrons. The molecule has 0 aliphatic heterocycles. The van der Waals surface area contributed by atoms with E-state index in [0.717, 1.165) is 36.1 Å². The van der Waals surface area contributed by atoms with Crippen LogP contribution in [0.4, 0.5) is 5.00 Å². The monoisotopic (exact) mass is 294 g/mol. The van der Waals surface area contributed by atoms with Gasteiger partial charge in [0.05, 0.1) is 12.7 Å². The number of methoxy groups -OCH3 is 1. The average molecular weight is 294 g/mol. The van der Waals surface area contributed by atoms with Crippen LogP contribution in [-0.2, 0) is 22.4 Å². The summed E-state index contributed by atoms with van der Waals surface area (Å²) in [5.41, 5.74) is 7.47. The van der Waals surface area contributed by atoms with Crippen molar-refractivity contribution in [2.24, 2.45) is 11.7 Å². The maximum Gasteiger partial charge on any atom is 0.341 e. The summed E-state index contributed by atoms with van der Waals surface area (Å²) in [6, 6.07) is 0.0764. The number of carbonyl (C=O) groups is 2. The highest BCUT2D eigenvalue weighted by Gasteiger charge is 2.33. The summed E-state index contributed by atoms with van der Waals surface area (Å²) in [7, 11) is 1.36. The molecule has 0 spiro atoms. The van der Waals surface area contributed by atoms with Gasteiger partial charge in [0.15, 0.2) is 0 Å². The zero-order valence-corrected chi connectivity index (χ0v) is 12.2. The number of ether oxygens (including phenoxy) is 1. The van der Waals surface area contributed by atoms with E-state index in [1.165, 1.54) is 18.4 Å². The minimum atomic E-state index is -0.386. The molecule has 1 saturated carbocycles. The van der Waals surface area contributed by atoms with Crippen molar-refractivity contribution in [2.45, 2.75) is 38.1 Å². The molecule has 6 heteroatoms. The lowest BCUT2D eigenvalue weighted by Crippen LogP contribution is -2.28. The number of amides is 1. The summed E-state index contributed by atoms with van der Waals surface area (Å²) in [5.74, 6) is -0.261. The molecule has 1 heterocycles. The van der Waals surface area contributed by atoms with E-state index in [1.54, 1.807) is 0 Å². The van der Waals surface area contributed by atoms with Crippen LogP contribution in [0.5, 0.6) is 0 Å². The van der Waals surface area contributed by atoms with Gasteiger partial charge in [-0.3, -0.25) is 4.79 Å². The van der Waals surface area contributed by atoms with Gasteiger partial charge in [0.25, 0.3) is 0 Å². The highest BCUT2D eigenvalue weighted by atomic mass is 32.1. The van der Waals surface area contributed by atoms with Crippen LogP contribution < -0.4 is 11.1 Å². The van der Waals surface area contributed by atoms with Gasteiger partial charge in [0.1, 0.15) is 5.00 Å². The quantitative estimate of drug-likeness (QED) is 0.831. The third kappa shape index (κ3) is 2.45. The minimum absolute atomic E-state index is 0.0121. The summed E-state index contributed by atoms with van der Waals surface area (Å²) < 4.78 is 4.87. The molecule has 3 N–H and O–H groups in total. The molecular formula is C14H18N2O3S. The van der Waals surface area contributed by atoms with Crippen LogP contribution in [0.2, 0.25) is 0 Å². The first-order valence-corrected chi connectivity index (χ1v) is 7.71. The van der Waals surface area contributed by atoms with Crippen molar-refractivity contribution < 1.29 is 14.3 Å². The van der Waals surface area contributed by atoms with Crippen LogP contribution in [0.1, 0.15) is 40.1 Å². The van der Waals surface area contributed by atoms with Crippen LogP contribution in [0.3, 0.4) is 0 Å². The lowest BCUT2D eigenvalue weighted by Gasteiger charge is -2.18. The predicted molar refractivity (Wildman–Crippen MR) is 77.0 cm³/mol. The van der Waals surface area contributed by atoms with Crippen molar-refractivity contribution in [3.05, 3.63) is 16.0 Å². The zero-order valence-electron chi connectivity index (χ0n) is 11.4. The van der Waals surface area contributed by atoms with E-state index in [2.05, 4.69) is 5.32 Å². The first-order valence-electron chi connectivity index (χ1n) is 6.89. The number of hydrogen-bond acceptors (Lipinski definition) is 5. The molecule has 0 saturated heterocycles. The lowest BCUT2D eigenvalue weighted by molar-refractivity contribution is -0.117. The topological polar surface area (TPSA) is 81.4 Å². The smallest absolute Gasteiger partial charge is 0.341 e. The number of hydrogen-bond donors (Lipinski definition) is 2. The number of nitrogens with two attached hydrogens (primary N) is 1. The summed E-state index contributed by atoms with van der Waals surface area (Å²) >= 11 is 1.49. The Kier molecular flexibility index (Phi) is 3.52. The number of rotatable bonds is 3. The summed E-state index contributed by atoms with van der Waals surface area (Å²) in [6.45, 7) is 0. The fourth-order valence-electron chi connectivity index (χ4n) is 2.58. The molecule has 20 heavy (non-hydrogen) atoms. The molecule has 1 fully saturated rings.